The van der Waals surface area contributed by atoms with Crippen molar-refractivity contribution in [3.05, 3.63) is 40.8 Å². The van der Waals surface area contributed by atoms with Gasteiger partial charge in [0.05, 0.1) is 4.91 Å². The number of aryl methyl sites for hydroxylation is 1. The molecular formula is C11H8F6S. The average molecular weight is 286 g/mol. The van der Waals surface area contributed by atoms with Gasteiger partial charge >= 0.3 is 12.4 Å². The molecule has 0 aromatic heterocycles. The number of allylic oxidation sites excluding steroid dienone is 2. The topological polar surface area (TPSA) is 0 Å². The first-order valence-corrected chi connectivity index (χ1v) is 5.51. The number of halogens is 6. The third-order valence-corrected chi connectivity index (χ3v) is 2.90. The van der Waals surface area contributed by atoms with E-state index in [4.69, 9.17) is 0 Å². The van der Waals surface area contributed by atoms with Crippen LogP contribution in [0.5, 0.6) is 0 Å². The molecule has 0 heterocycles. The summed E-state index contributed by atoms with van der Waals surface area (Å²) in [5.41, 5.74) is 0.813. The van der Waals surface area contributed by atoms with Gasteiger partial charge < -0.3 is 0 Å². The number of alkyl halides is 6. The first kappa shape index (κ1) is 14.9. The van der Waals surface area contributed by atoms with Crippen LogP contribution >= 0.6 is 11.8 Å². The van der Waals surface area contributed by atoms with E-state index in [1.54, 1.807) is 6.92 Å². The fraction of sp³-hybridized carbons (Fsp3) is 0.273. The van der Waals surface area contributed by atoms with E-state index in [2.05, 4.69) is 0 Å². The van der Waals surface area contributed by atoms with Gasteiger partial charge in [-0.15, -0.1) is 0 Å². The number of rotatable bonds is 2. The lowest BCUT2D eigenvalue weighted by atomic mass is 10.2. The minimum atomic E-state index is -5.02. The molecule has 100 valence electrons. The maximum atomic E-state index is 12.4. The molecule has 0 bridgehead atoms. The van der Waals surface area contributed by atoms with E-state index in [0.717, 1.165) is 5.56 Å². The van der Waals surface area contributed by atoms with E-state index >= 15 is 0 Å². The molecule has 0 aliphatic rings. The van der Waals surface area contributed by atoms with Gasteiger partial charge in [-0.3, -0.25) is 0 Å². The molecule has 1 aromatic rings. The lowest BCUT2D eigenvalue weighted by molar-refractivity contribution is -0.101. The lowest BCUT2D eigenvalue weighted by Crippen LogP contribution is -2.14. The number of hydrogen-bond acceptors (Lipinski definition) is 1. The second-order valence-corrected chi connectivity index (χ2v) is 4.58. The van der Waals surface area contributed by atoms with Gasteiger partial charge in [-0.25, -0.2) is 0 Å². The molecule has 0 amide bonds. The maximum absolute atomic E-state index is 12.4. The molecule has 0 spiro atoms. The monoisotopic (exact) mass is 286 g/mol. The van der Waals surface area contributed by atoms with Gasteiger partial charge in [-0.1, -0.05) is 29.5 Å². The number of hydrogen-bond donors (Lipinski definition) is 0. The summed E-state index contributed by atoms with van der Waals surface area (Å²) in [5, 5.41) is 0. The Morgan fingerprint density at radius 3 is 1.89 bits per heavy atom. The average Bonchev–Trinajstić information content (AvgIpc) is 2.17. The Morgan fingerprint density at radius 1 is 1.00 bits per heavy atom. The van der Waals surface area contributed by atoms with Crippen molar-refractivity contribution in [1.82, 2.24) is 0 Å². The van der Waals surface area contributed by atoms with Crippen molar-refractivity contribution in [2.45, 2.75) is 24.2 Å². The summed E-state index contributed by atoms with van der Waals surface area (Å²) in [6, 6.07) is 5.75. The van der Waals surface area contributed by atoms with Crippen molar-refractivity contribution >= 4 is 11.8 Å². The zero-order valence-corrected chi connectivity index (χ0v) is 9.88. The molecule has 0 N–H and O–H groups in total. The van der Waals surface area contributed by atoms with Crippen molar-refractivity contribution in [1.29, 1.82) is 0 Å². The Labute approximate surface area is 104 Å². The second kappa shape index (κ2) is 5.26. The lowest BCUT2D eigenvalue weighted by Gasteiger charge is -2.12. The zero-order chi connectivity index (χ0) is 14.0. The van der Waals surface area contributed by atoms with Gasteiger partial charge in [0.1, 0.15) is 0 Å². The predicted octanol–water partition coefficient (Wildman–Crippen LogP) is 5.10. The van der Waals surface area contributed by atoms with Crippen molar-refractivity contribution in [2.24, 2.45) is 0 Å². The van der Waals surface area contributed by atoms with Crippen LogP contribution in [-0.2, 0) is 0 Å². The number of benzene rings is 1. The minimum absolute atomic E-state index is 0.0473. The van der Waals surface area contributed by atoms with E-state index in [1.165, 1.54) is 24.3 Å². The summed E-state index contributed by atoms with van der Waals surface area (Å²) in [6.45, 7) is 1.73. The quantitative estimate of drug-likeness (QED) is 0.538. The standard InChI is InChI=1S/C11H8F6S/c1-7-2-4-8(5-3-7)18-9(11(15,16)17)6-10(12,13)14/h2-6H,1H3/b9-6-. The van der Waals surface area contributed by atoms with E-state index in [9.17, 15) is 26.3 Å². The van der Waals surface area contributed by atoms with Crippen LogP contribution in [0.2, 0.25) is 0 Å². The Hall–Kier alpha value is -1.11. The smallest absolute Gasteiger partial charge is 0.167 e. The van der Waals surface area contributed by atoms with Crippen LogP contribution in [0.3, 0.4) is 0 Å². The van der Waals surface area contributed by atoms with E-state index in [1.807, 2.05) is 0 Å². The highest BCUT2D eigenvalue weighted by Gasteiger charge is 2.39. The van der Waals surface area contributed by atoms with Gasteiger partial charge in [-0.05, 0) is 19.1 Å². The molecule has 0 saturated carbocycles. The third-order valence-electron chi connectivity index (χ3n) is 1.82. The normalized spacial score (nSPS) is 13.8. The highest BCUT2D eigenvalue weighted by atomic mass is 32.2. The van der Waals surface area contributed by atoms with Crippen molar-refractivity contribution in [3.8, 4) is 0 Å². The Kier molecular flexibility index (Phi) is 4.37. The SMILES string of the molecule is Cc1ccc(S/C(=C\C(F)(F)F)C(F)(F)F)cc1. The fourth-order valence-corrected chi connectivity index (χ4v) is 1.89. The molecule has 0 radical (unpaired) electrons. The molecular weight excluding hydrogens is 278 g/mol. The van der Waals surface area contributed by atoms with Crippen molar-refractivity contribution < 1.29 is 26.3 Å². The Morgan fingerprint density at radius 2 is 1.50 bits per heavy atom. The van der Waals surface area contributed by atoms with Gasteiger partial charge in [0.15, 0.2) is 0 Å². The van der Waals surface area contributed by atoms with E-state index in [0.29, 0.717) is 0 Å². The van der Waals surface area contributed by atoms with Crippen molar-refractivity contribution in [3.63, 3.8) is 0 Å². The van der Waals surface area contributed by atoms with Gasteiger partial charge in [0.25, 0.3) is 0 Å². The van der Waals surface area contributed by atoms with Crippen LogP contribution in [0.15, 0.2) is 40.1 Å². The molecule has 7 heteroatoms. The maximum Gasteiger partial charge on any atom is 0.422 e. The Bertz CT molecular complexity index is 426. The Balaban J connectivity index is 3.00. The van der Waals surface area contributed by atoms with Gasteiger partial charge in [0, 0.05) is 11.0 Å². The number of thioether (sulfide) groups is 1. The molecule has 0 aliphatic carbocycles. The molecule has 1 aromatic carbocycles. The first-order chi connectivity index (χ1) is 8.08. The fourth-order valence-electron chi connectivity index (χ4n) is 1.05. The summed E-state index contributed by atoms with van der Waals surface area (Å²) in [6.07, 6.45) is -10.7. The van der Waals surface area contributed by atoms with E-state index in [-0.39, 0.29) is 16.7 Å². The third kappa shape index (κ3) is 5.03. The van der Waals surface area contributed by atoms with Crippen LogP contribution in [-0.4, -0.2) is 12.4 Å². The van der Waals surface area contributed by atoms with Gasteiger partial charge in [0.2, 0.25) is 0 Å². The zero-order valence-electron chi connectivity index (χ0n) is 9.06. The van der Waals surface area contributed by atoms with Crippen LogP contribution < -0.4 is 0 Å². The summed E-state index contributed by atoms with van der Waals surface area (Å²) in [5.74, 6) is 0. The first-order valence-electron chi connectivity index (χ1n) is 4.69. The van der Waals surface area contributed by atoms with Crippen molar-refractivity contribution in [2.75, 3.05) is 0 Å². The molecule has 0 fully saturated rings. The molecule has 0 unspecified atom stereocenters. The summed E-state index contributed by atoms with van der Waals surface area (Å²) < 4.78 is 73.3. The minimum Gasteiger partial charge on any atom is -0.167 e. The van der Waals surface area contributed by atoms with Crippen LogP contribution in [0.4, 0.5) is 26.3 Å². The van der Waals surface area contributed by atoms with Crippen LogP contribution in [0, 0.1) is 6.92 Å². The highest BCUT2D eigenvalue weighted by Crippen LogP contribution is 2.41. The van der Waals surface area contributed by atoms with Gasteiger partial charge in [-0.2, -0.15) is 26.3 Å². The highest BCUT2D eigenvalue weighted by molar-refractivity contribution is 8.03. The van der Waals surface area contributed by atoms with Crippen LogP contribution in [0.25, 0.3) is 0 Å². The second-order valence-electron chi connectivity index (χ2n) is 3.46. The summed E-state index contributed by atoms with van der Waals surface area (Å²) in [4.78, 5) is -1.58. The molecule has 18 heavy (non-hydrogen) atoms. The predicted molar refractivity (Wildman–Crippen MR) is 57.2 cm³/mol. The summed E-state index contributed by atoms with van der Waals surface area (Å²) in [7, 11) is 0. The largest absolute Gasteiger partial charge is 0.422 e. The molecule has 0 aliphatic heterocycles. The van der Waals surface area contributed by atoms with Crippen LogP contribution in [0.1, 0.15) is 5.56 Å². The molecule has 0 nitrogen and oxygen atoms in total. The summed E-state index contributed by atoms with van der Waals surface area (Å²) >= 11 is 0.0473. The van der Waals surface area contributed by atoms with E-state index < -0.39 is 23.3 Å². The molecule has 0 atom stereocenters. The molecule has 0 saturated heterocycles. The molecule has 1 rings (SSSR count).